The van der Waals surface area contributed by atoms with Crippen LogP contribution in [0.5, 0.6) is 0 Å². The molecular formula is C24H29ClF2N6O3. The number of hydrogen-bond acceptors (Lipinski definition) is 6. The van der Waals surface area contributed by atoms with Gasteiger partial charge in [-0.2, -0.15) is 5.26 Å². The van der Waals surface area contributed by atoms with Gasteiger partial charge in [0.25, 0.3) is 5.92 Å². The minimum Gasteiger partial charge on any atom is -0.373 e. The summed E-state index contributed by atoms with van der Waals surface area (Å²) in [7, 11) is 0. The van der Waals surface area contributed by atoms with Gasteiger partial charge in [0.05, 0.1) is 28.9 Å². The molecule has 1 aliphatic carbocycles. The Balaban J connectivity index is 1.52. The maximum atomic E-state index is 14.9. The van der Waals surface area contributed by atoms with Crippen LogP contribution in [0, 0.1) is 23.2 Å². The standard InChI is InChI=1S/C24H29ClF2N6O3/c1-13(31-17-8-15(25)11-29-12-17)23(36)33-18-4-5-19(24(26,27)9-18)20(33)22(35)32-16(10-28)7-14-3-2-6-30-21(14)34/h8,11-14,16,18-20,31H,2-7,9H2,1H3,(H,30,34)(H,32,35)/t13-,14+,16+,18+,19+,20-/m1/s1. The molecule has 1 saturated carbocycles. The molecule has 194 valence electrons. The van der Waals surface area contributed by atoms with E-state index in [0.717, 1.165) is 6.42 Å². The third-order valence-corrected chi connectivity index (χ3v) is 7.52. The number of hydrogen-bond donors (Lipinski definition) is 3. The summed E-state index contributed by atoms with van der Waals surface area (Å²) in [5.74, 6) is -6.39. The Morgan fingerprint density at radius 2 is 2.14 bits per heavy atom. The molecule has 4 aliphatic rings. The number of aromatic nitrogens is 1. The zero-order chi connectivity index (χ0) is 26.0. The van der Waals surface area contributed by atoms with Gasteiger partial charge in [-0.25, -0.2) is 8.78 Å². The molecule has 5 rings (SSSR count). The number of piperidine rings is 3. The fraction of sp³-hybridized carbons (Fsp3) is 0.625. The van der Waals surface area contributed by atoms with Crippen LogP contribution in [0.4, 0.5) is 14.5 Å². The van der Waals surface area contributed by atoms with Gasteiger partial charge in [0.1, 0.15) is 18.1 Å². The SMILES string of the molecule is C[C@@H](Nc1cncc(Cl)c1)C(=O)N1[C@H]2CC[C@@H]([C@@H]1C(=O)N[C@H](C#N)C[C@@H]1CCCNC1=O)C(F)(F)C2. The average molecular weight is 523 g/mol. The first-order chi connectivity index (χ1) is 17.1. The normalized spacial score (nSPS) is 28.4. The molecule has 1 aromatic heterocycles. The number of carbonyl (C=O) groups excluding carboxylic acids is 3. The molecule has 0 spiro atoms. The van der Waals surface area contributed by atoms with E-state index in [1.165, 1.54) is 17.3 Å². The highest BCUT2D eigenvalue weighted by atomic mass is 35.5. The quantitative estimate of drug-likeness (QED) is 0.505. The second-order valence-corrected chi connectivity index (χ2v) is 10.2. The number of carbonyl (C=O) groups is 3. The maximum absolute atomic E-state index is 14.9. The Kier molecular flexibility index (Phi) is 7.64. The van der Waals surface area contributed by atoms with Crippen LogP contribution in [0.2, 0.25) is 5.02 Å². The van der Waals surface area contributed by atoms with Crippen LogP contribution in [0.25, 0.3) is 0 Å². The molecular weight excluding hydrogens is 494 g/mol. The van der Waals surface area contributed by atoms with E-state index in [1.807, 2.05) is 6.07 Å². The van der Waals surface area contributed by atoms with Gasteiger partial charge in [0.15, 0.2) is 0 Å². The maximum Gasteiger partial charge on any atom is 0.255 e. The third kappa shape index (κ3) is 5.38. The van der Waals surface area contributed by atoms with Gasteiger partial charge in [0.2, 0.25) is 17.7 Å². The van der Waals surface area contributed by atoms with Crippen LogP contribution < -0.4 is 16.0 Å². The minimum absolute atomic E-state index is 0.0823. The number of nitrogens with one attached hydrogen (secondary N) is 3. The van der Waals surface area contributed by atoms with Crippen molar-refractivity contribution in [1.29, 1.82) is 5.26 Å². The Bertz CT molecular complexity index is 1070. The molecule has 4 fully saturated rings. The number of nitriles is 1. The monoisotopic (exact) mass is 522 g/mol. The summed E-state index contributed by atoms with van der Waals surface area (Å²) in [4.78, 5) is 44.2. The lowest BCUT2D eigenvalue weighted by Crippen LogP contribution is -2.70. The molecule has 0 radical (unpaired) electrons. The van der Waals surface area contributed by atoms with Crippen molar-refractivity contribution in [1.82, 2.24) is 20.5 Å². The number of rotatable bonds is 7. The number of fused-ring (bicyclic) bond motifs is 3. The van der Waals surface area contributed by atoms with E-state index in [1.54, 1.807) is 13.0 Å². The predicted octanol–water partition coefficient (Wildman–Crippen LogP) is 2.47. The van der Waals surface area contributed by atoms with Gasteiger partial charge in [-0.15, -0.1) is 0 Å². The lowest BCUT2D eigenvalue weighted by atomic mass is 9.71. The van der Waals surface area contributed by atoms with Crippen molar-refractivity contribution in [3.8, 4) is 6.07 Å². The van der Waals surface area contributed by atoms with Crippen LogP contribution in [-0.4, -0.2) is 64.2 Å². The van der Waals surface area contributed by atoms with Crippen LogP contribution in [0.3, 0.4) is 0 Å². The van der Waals surface area contributed by atoms with E-state index >= 15 is 0 Å². The van der Waals surface area contributed by atoms with Crippen molar-refractivity contribution in [2.45, 2.75) is 75.5 Å². The zero-order valence-corrected chi connectivity index (χ0v) is 20.6. The molecule has 2 bridgehead atoms. The molecule has 36 heavy (non-hydrogen) atoms. The summed E-state index contributed by atoms with van der Waals surface area (Å²) in [6.07, 6.45) is 4.30. The van der Waals surface area contributed by atoms with Crippen LogP contribution >= 0.6 is 11.6 Å². The lowest BCUT2D eigenvalue weighted by molar-refractivity contribution is -0.194. The minimum atomic E-state index is -3.11. The molecule has 3 N–H and O–H groups in total. The van der Waals surface area contributed by atoms with Crippen LogP contribution in [0.1, 0.15) is 45.4 Å². The van der Waals surface area contributed by atoms with Crippen molar-refractivity contribution in [2.75, 3.05) is 11.9 Å². The number of anilines is 1. The summed E-state index contributed by atoms with van der Waals surface area (Å²) in [6, 6.07) is -0.547. The van der Waals surface area contributed by atoms with E-state index in [-0.39, 0.29) is 18.7 Å². The fourth-order valence-corrected chi connectivity index (χ4v) is 5.77. The number of nitrogens with zero attached hydrogens (tertiary/aromatic N) is 3. The highest BCUT2D eigenvalue weighted by Gasteiger charge is 2.60. The van der Waals surface area contributed by atoms with Gasteiger partial charge in [0, 0.05) is 31.1 Å². The zero-order valence-electron chi connectivity index (χ0n) is 19.8. The number of amides is 3. The third-order valence-electron chi connectivity index (χ3n) is 7.31. The highest BCUT2D eigenvalue weighted by molar-refractivity contribution is 6.30. The molecule has 9 nitrogen and oxygen atoms in total. The Labute approximate surface area is 212 Å². The van der Waals surface area contributed by atoms with Gasteiger partial charge in [-0.05, 0) is 45.1 Å². The summed E-state index contributed by atoms with van der Waals surface area (Å²) in [6.45, 7) is 2.14. The molecule has 0 aromatic carbocycles. The van der Waals surface area contributed by atoms with Gasteiger partial charge >= 0.3 is 0 Å². The first-order valence-electron chi connectivity index (χ1n) is 12.2. The summed E-state index contributed by atoms with van der Waals surface area (Å²) in [5.41, 5.74) is 0.479. The second kappa shape index (κ2) is 10.5. The van der Waals surface area contributed by atoms with Crippen molar-refractivity contribution >= 4 is 35.0 Å². The fourth-order valence-electron chi connectivity index (χ4n) is 5.60. The molecule has 4 heterocycles. The molecule has 3 saturated heterocycles. The van der Waals surface area contributed by atoms with Gasteiger partial charge < -0.3 is 20.9 Å². The van der Waals surface area contributed by atoms with Gasteiger partial charge in [-0.3, -0.25) is 19.4 Å². The largest absolute Gasteiger partial charge is 0.373 e. The topological polar surface area (TPSA) is 127 Å². The van der Waals surface area contributed by atoms with E-state index < -0.39 is 60.2 Å². The lowest BCUT2D eigenvalue weighted by Gasteiger charge is -2.54. The van der Waals surface area contributed by atoms with Crippen molar-refractivity contribution in [3.63, 3.8) is 0 Å². The number of alkyl halides is 2. The van der Waals surface area contributed by atoms with Crippen molar-refractivity contribution in [3.05, 3.63) is 23.5 Å². The Hall–Kier alpha value is -3.00. The van der Waals surface area contributed by atoms with E-state index in [2.05, 4.69) is 20.9 Å². The number of pyridine rings is 1. The Morgan fingerprint density at radius 3 is 2.81 bits per heavy atom. The summed E-state index contributed by atoms with van der Waals surface area (Å²) >= 11 is 5.96. The first-order valence-corrected chi connectivity index (χ1v) is 12.5. The van der Waals surface area contributed by atoms with Crippen LogP contribution in [0.15, 0.2) is 18.5 Å². The molecule has 3 amide bonds. The molecule has 3 aliphatic heterocycles. The summed E-state index contributed by atoms with van der Waals surface area (Å²) in [5, 5.41) is 18.3. The van der Waals surface area contributed by atoms with Crippen molar-refractivity contribution < 1.29 is 23.2 Å². The van der Waals surface area contributed by atoms with E-state index in [4.69, 9.17) is 11.6 Å². The van der Waals surface area contributed by atoms with E-state index in [0.29, 0.717) is 30.1 Å². The van der Waals surface area contributed by atoms with Crippen molar-refractivity contribution in [2.24, 2.45) is 11.8 Å². The summed E-state index contributed by atoms with van der Waals surface area (Å²) < 4.78 is 29.8. The van der Waals surface area contributed by atoms with E-state index in [9.17, 15) is 28.4 Å². The molecule has 1 aromatic rings. The molecule has 12 heteroatoms. The first kappa shape index (κ1) is 26.1. The Morgan fingerprint density at radius 1 is 1.36 bits per heavy atom. The predicted molar refractivity (Wildman–Crippen MR) is 127 cm³/mol. The highest BCUT2D eigenvalue weighted by Crippen LogP contribution is 2.49. The molecule has 0 unspecified atom stereocenters. The number of halogens is 3. The van der Waals surface area contributed by atoms with Gasteiger partial charge in [-0.1, -0.05) is 11.6 Å². The molecule has 6 atom stereocenters. The smallest absolute Gasteiger partial charge is 0.255 e. The average Bonchev–Trinajstić information content (AvgIpc) is 2.83. The van der Waals surface area contributed by atoms with Crippen LogP contribution in [-0.2, 0) is 14.4 Å². The second-order valence-electron chi connectivity index (χ2n) is 9.81.